The van der Waals surface area contributed by atoms with Gasteiger partial charge in [-0.05, 0) is 0 Å². The Labute approximate surface area is 135 Å². The SMILES string of the molecule is O=P(O)(O)O.O[Si](O)(O)O.[NaH].[Sc].[Zr]. The minimum absolute atomic E-state index is 0. The van der Waals surface area contributed by atoms with Crippen molar-refractivity contribution >= 4 is 46.4 Å². The summed E-state index contributed by atoms with van der Waals surface area (Å²) in [4.78, 5) is 50.9. The monoisotopic (exact) mass is 353 g/mol. The van der Waals surface area contributed by atoms with Gasteiger partial charge in [0.2, 0.25) is 0 Å². The molecule has 0 saturated carbocycles. The van der Waals surface area contributed by atoms with Crippen LogP contribution in [0, 0.1) is 0 Å². The van der Waals surface area contributed by atoms with Crippen LogP contribution in [0.4, 0.5) is 0 Å². The first kappa shape index (κ1) is 29.7. The van der Waals surface area contributed by atoms with Crippen molar-refractivity contribution in [2.24, 2.45) is 0 Å². The molecule has 0 unspecified atom stereocenters. The molecule has 8 nitrogen and oxygen atoms in total. The largest absolute Gasteiger partial charge is 0 e. The van der Waals surface area contributed by atoms with Gasteiger partial charge in [-0.2, -0.15) is 0 Å². The summed E-state index contributed by atoms with van der Waals surface area (Å²) < 4.78 is 8.88. The molecule has 0 heterocycles. The van der Waals surface area contributed by atoms with Gasteiger partial charge in [-0.25, -0.2) is 4.57 Å². The van der Waals surface area contributed by atoms with Crippen molar-refractivity contribution in [3.8, 4) is 0 Å². The maximum Gasteiger partial charge on any atom is 0 e. The van der Waals surface area contributed by atoms with Crippen LogP contribution in [-0.2, 0) is 56.6 Å². The predicted octanol–water partition coefficient (Wildman–Crippen LogP) is -4.19. The van der Waals surface area contributed by atoms with Crippen LogP contribution in [0.15, 0.2) is 0 Å². The summed E-state index contributed by atoms with van der Waals surface area (Å²) in [5, 5.41) is 0. The molecule has 0 bridgehead atoms. The van der Waals surface area contributed by atoms with Gasteiger partial charge in [-0.3, -0.25) is 0 Å². The van der Waals surface area contributed by atoms with Crippen LogP contribution in [0.1, 0.15) is 0 Å². The molecule has 0 aromatic rings. The molecule has 7 N–H and O–H groups in total. The van der Waals surface area contributed by atoms with E-state index >= 15 is 0 Å². The average Bonchev–Trinajstić information content (AvgIpc) is 1.12. The van der Waals surface area contributed by atoms with E-state index in [1.165, 1.54) is 0 Å². The van der Waals surface area contributed by atoms with Crippen molar-refractivity contribution in [2.45, 2.75) is 0 Å². The number of rotatable bonds is 0. The Morgan fingerprint density at radius 3 is 0.923 bits per heavy atom. The van der Waals surface area contributed by atoms with Gasteiger partial charge in [-0.15, -0.1) is 0 Å². The Hall–Kier alpha value is 2.92. The molecule has 0 atom stereocenters. The fourth-order valence-corrected chi connectivity index (χ4v) is 0. The summed E-state index contributed by atoms with van der Waals surface area (Å²) >= 11 is 0. The van der Waals surface area contributed by atoms with Crippen LogP contribution in [-0.4, -0.2) is 72.5 Å². The molecule has 0 aromatic carbocycles. The van der Waals surface area contributed by atoms with Gasteiger partial charge in [-0.1, -0.05) is 0 Å². The summed E-state index contributed by atoms with van der Waals surface area (Å²) in [5.74, 6) is 0. The smallest absolute Gasteiger partial charge is 0 e. The van der Waals surface area contributed by atoms with Crippen molar-refractivity contribution in [2.75, 3.05) is 0 Å². The Morgan fingerprint density at radius 2 is 0.923 bits per heavy atom. The normalized spacial score (nSPS) is 9.15. The van der Waals surface area contributed by atoms with Gasteiger partial charge in [0.25, 0.3) is 0 Å². The van der Waals surface area contributed by atoms with E-state index < -0.39 is 16.9 Å². The Kier molecular flexibility index (Phi) is 29.7. The van der Waals surface area contributed by atoms with E-state index in [9.17, 15) is 0 Å². The summed E-state index contributed by atoms with van der Waals surface area (Å²) in [6, 6.07) is 0. The minimum Gasteiger partial charge on any atom is 0 e. The number of phosphoric acid groups is 1. The zero-order chi connectivity index (χ0) is 9.00. The first-order chi connectivity index (χ1) is 4.00. The fourth-order valence-electron chi connectivity index (χ4n) is 0. The van der Waals surface area contributed by atoms with Crippen molar-refractivity contribution < 1.29 is 90.5 Å². The van der Waals surface area contributed by atoms with Crippen LogP contribution in [0.25, 0.3) is 0 Å². The van der Waals surface area contributed by atoms with E-state index in [4.69, 9.17) is 38.4 Å². The third kappa shape index (κ3) is 292. The number of hydrogen-bond acceptors (Lipinski definition) is 5. The molecule has 0 rings (SSSR count). The molecule has 0 aliphatic carbocycles. The first-order valence-electron chi connectivity index (χ1n) is 1.68. The van der Waals surface area contributed by atoms with Crippen molar-refractivity contribution in [1.82, 2.24) is 0 Å². The minimum atomic E-state index is -4.64. The molecule has 0 amide bonds. The summed E-state index contributed by atoms with van der Waals surface area (Å²) in [6.07, 6.45) is 0. The Morgan fingerprint density at radius 1 is 0.923 bits per heavy atom. The first-order valence-corrected chi connectivity index (χ1v) is 5.03. The number of hydrogen-bond donors (Lipinski definition) is 7. The van der Waals surface area contributed by atoms with E-state index in [0.29, 0.717) is 0 Å². The van der Waals surface area contributed by atoms with Crippen molar-refractivity contribution in [3.05, 3.63) is 0 Å². The van der Waals surface area contributed by atoms with Crippen LogP contribution < -0.4 is 0 Å². The van der Waals surface area contributed by atoms with E-state index in [-0.39, 0.29) is 81.6 Å². The maximum absolute atomic E-state index is 8.88. The Bertz CT molecular complexity index is 116. The molecule has 73 valence electrons. The standard InChI is InChI=1S/Na.H3O4P.H4O4Si.Sc.Zr.H/c;2*1-5(2,3)4;;;/h;(H3,1,2,3,4);1-4H;;;. The van der Waals surface area contributed by atoms with E-state index in [1.807, 2.05) is 0 Å². The quantitative estimate of drug-likeness (QED) is 0.170. The van der Waals surface area contributed by atoms with Gasteiger partial charge >= 0.3 is 46.4 Å². The molecule has 13 heteroatoms. The third-order valence-corrected chi connectivity index (χ3v) is 0. The van der Waals surface area contributed by atoms with Crippen molar-refractivity contribution in [1.29, 1.82) is 0 Å². The molecule has 13 heavy (non-hydrogen) atoms. The average molecular weight is 354 g/mol. The van der Waals surface area contributed by atoms with Crippen LogP contribution in [0.2, 0.25) is 0 Å². The van der Waals surface area contributed by atoms with E-state index in [1.54, 1.807) is 0 Å². The molecule has 0 aromatic heterocycles. The van der Waals surface area contributed by atoms with Crippen LogP contribution in [0.5, 0.6) is 0 Å². The van der Waals surface area contributed by atoms with E-state index in [2.05, 4.69) is 0 Å². The molecule has 0 aliphatic heterocycles. The van der Waals surface area contributed by atoms with Gasteiger partial charge in [0.15, 0.2) is 0 Å². The third-order valence-electron chi connectivity index (χ3n) is 0. The van der Waals surface area contributed by atoms with Gasteiger partial charge in [0.1, 0.15) is 0 Å². The van der Waals surface area contributed by atoms with Crippen molar-refractivity contribution in [3.63, 3.8) is 0 Å². The summed E-state index contributed by atoms with van der Waals surface area (Å²) in [6.45, 7) is 0. The summed E-state index contributed by atoms with van der Waals surface area (Å²) in [7, 11) is -9.25. The molecule has 0 saturated heterocycles. The second kappa shape index (κ2) is 13.0. The second-order valence-electron chi connectivity index (χ2n) is 1.11. The van der Waals surface area contributed by atoms with Gasteiger partial charge in [0.05, 0.1) is 0 Å². The maximum atomic E-state index is 8.88. The molecular weight excluding hydrogens is 346 g/mol. The van der Waals surface area contributed by atoms with Crippen LogP contribution >= 0.6 is 7.82 Å². The topological polar surface area (TPSA) is 159 Å². The zero-order valence-corrected chi connectivity index (χ0v) is 11.7. The predicted molar refractivity (Wildman–Crippen MR) is 36.0 cm³/mol. The second-order valence-corrected chi connectivity index (χ2v) is 3.34. The Balaban J connectivity index is -0.0000000267. The molecule has 0 fully saturated rings. The van der Waals surface area contributed by atoms with Crippen LogP contribution in [0.3, 0.4) is 0 Å². The molecule has 1 radical (unpaired) electrons. The summed E-state index contributed by atoms with van der Waals surface area (Å²) in [5.41, 5.74) is 0. The van der Waals surface area contributed by atoms with E-state index in [0.717, 1.165) is 0 Å². The van der Waals surface area contributed by atoms with Gasteiger partial charge in [0, 0.05) is 52.0 Å². The molecular formula is H8NaO8PScSiZr. The van der Waals surface area contributed by atoms with Gasteiger partial charge < -0.3 is 33.9 Å². The molecule has 0 aliphatic rings. The fraction of sp³-hybridized carbons (Fsp3) is 0. The molecule has 0 spiro atoms. The zero-order valence-electron chi connectivity index (χ0n) is 5.56.